The molecule has 3 aromatic rings. The van der Waals surface area contributed by atoms with Crippen LogP contribution in [0.15, 0.2) is 58.0 Å². The van der Waals surface area contributed by atoms with E-state index < -0.39 is 0 Å². The highest BCUT2D eigenvalue weighted by Crippen LogP contribution is 2.35. The highest BCUT2D eigenvalue weighted by Gasteiger charge is 2.16. The van der Waals surface area contributed by atoms with Crippen LogP contribution in [0, 0.1) is 0 Å². The molecule has 0 amide bonds. The highest BCUT2D eigenvalue weighted by atomic mass is 32.1. The Labute approximate surface area is 203 Å². The van der Waals surface area contributed by atoms with Crippen LogP contribution in [-0.4, -0.2) is 53.0 Å². The molecule has 0 N–H and O–H groups in total. The fourth-order valence-electron chi connectivity index (χ4n) is 3.20. The lowest BCUT2D eigenvalue weighted by molar-refractivity contribution is 0.374. The molecule has 0 bridgehead atoms. The Balaban J connectivity index is 2.22. The molecular weight excluding hydrogens is 454 g/mol. The van der Waals surface area contributed by atoms with Crippen LogP contribution < -0.4 is 28.5 Å². The maximum atomic E-state index is 5.61. The molecule has 0 aliphatic carbocycles. The van der Waals surface area contributed by atoms with Gasteiger partial charge in [-0.25, -0.2) is 4.68 Å². The molecule has 0 fully saturated rings. The summed E-state index contributed by atoms with van der Waals surface area (Å²) in [6, 6.07) is 9.17. The number of hydrogen-bond acceptors (Lipinski definition) is 8. The average molecular weight is 484 g/mol. The predicted octanol–water partition coefficient (Wildman–Crippen LogP) is 4.62. The minimum Gasteiger partial charge on any atom is -0.497 e. The summed E-state index contributed by atoms with van der Waals surface area (Å²) >= 11 is 1.47. The minimum absolute atomic E-state index is 0.486. The van der Waals surface area contributed by atoms with Gasteiger partial charge in [0.2, 0.25) is 4.80 Å². The monoisotopic (exact) mass is 483 g/mol. The summed E-state index contributed by atoms with van der Waals surface area (Å²) in [7, 11) is 8.02. The van der Waals surface area contributed by atoms with E-state index in [0.717, 1.165) is 16.8 Å². The van der Waals surface area contributed by atoms with E-state index in [4.69, 9.17) is 28.8 Å². The number of benzene rings is 2. The lowest BCUT2D eigenvalue weighted by atomic mass is 10.1. The van der Waals surface area contributed by atoms with Crippen molar-refractivity contribution in [3.05, 3.63) is 58.2 Å². The molecule has 0 aliphatic heterocycles. The molecule has 9 heteroatoms. The van der Waals surface area contributed by atoms with Crippen molar-refractivity contribution < 1.29 is 23.7 Å². The second-order valence-corrected chi connectivity index (χ2v) is 8.08. The molecule has 0 atom stereocenters. The third-order valence-corrected chi connectivity index (χ3v) is 5.76. The zero-order valence-corrected chi connectivity index (χ0v) is 21.1. The molecule has 1 heterocycles. The summed E-state index contributed by atoms with van der Waals surface area (Å²) in [6.45, 7) is 6.37. The van der Waals surface area contributed by atoms with Gasteiger partial charge in [-0.15, -0.1) is 11.3 Å². The van der Waals surface area contributed by atoms with E-state index in [1.54, 1.807) is 58.6 Å². The molecule has 3 rings (SSSR count). The quantitative estimate of drug-likeness (QED) is 0.311. The van der Waals surface area contributed by atoms with Crippen LogP contribution in [-0.2, 0) is 0 Å². The number of ether oxygens (including phenoxy) is 5. The summed E-state index contributed by atoms with van der Waals surface area (Å²) in [5.74, 6) is 3.14. The topological polar surface area (TPSA) is 75.8 Å². The van der Waals surface area contributed by atoms with Gasteiger partial charge in [-0.2, -0.15) is 5.10 Å². The van der Waals surface area contributed by atoms with Crippen molar-refractivity contribution >= 4 is 17.6 Å². The summed E-state index contributed by atoms with van der Waals surface area (Å²) in [5, 5.41) is 6.76. The van der Waals surface area contributed by atoms with Gasteiger partial charge in [0.05, 0.1) is 59.6 Å². The molecule has 0 saturated heterocycles. The molecule has 0 unspecified atom stereocenters. The Morgan fingerprint density at radius 2 is 1.56 bits per heavy atom. The van der Waals surface area contributed by atoms with E-state index in [-0.39, 0.29) is 0 Å². The van der Waals surface area contributed by atoms with Crippen LogP contribution in [0.25, 0.3) is 11.3 Å². The van der Waals surface area contributed by atoms with E-state index >= 15 is 0 Å². The Morgan fingerprint density at radius 1 is 0.912 bits per heavy atom. The summed E-state index contributed by atoms with van der Waals surface area (Å²) in [4.78, 5) is 5.39. The standard InChI is InChI=1S/C25H29N3O5S/c1-16(2)13-26-25-28(21(15-34-25)19-10-17(29-3)8-9-22(19)31-5)27-14-20-23(32-6)11-18(30-4)12-24(20)33-7/h8-12,14-15H,1,13H2,2-7H3. The molecule has 8 nitrogen and oxygen atoms in total. The number of nitrogens with zero attached hydrogens (tertiary/aromatic N) is 3. The maximum absolute atomic E-state index is 5.61. The fourth-order valence-corrected chi connectivity index (χ4v) is 4.03. The van der Waals surface area contributed by atoms with Crippen LogP contribution >= 0.6 is 11.3 Å². The van der Waals surface area contributed by atoms with E-state index in [1.165, 1.54) is 11.3 Å². The SMILES string of the molecule is C=C(C)CN=c1scc(-c2cc(OC)ccc2OC)n1N=Cc1c(OC)cc(OC)cc1OC. The number of thiazole rings is 1. The molecule has 2 aromatic carbocycles. The normalized spacial score (nSPS) is 11.5. The predicted molar refractivity (Wildman–Crippen MR) is 135 cm³/mol. The van der Waals surface area contributed by atoms with Crippen molar-refractivity contribution in [3.63, 3.8) is 0 Å². The van der Waals surface area contributed by atoms with Gasteiger partial charge in [-0.05, 0) is 25.1 Å². The third-order valence-electron chi connectivity index (χ3n) is 4.91. The van der Waals surface area contributed by atoms with Gasteiger partial charge < -0.3 is 23.7 Å². The lowest BCUT2D eigenvalue weighted by Gasteiger charge is -2.13. The zero-order chi connectivity index (χ0) is 24.7. The van der Waals surface area contributed by atoms with Crippen LogP contribution in [0.3, 0.4) is 0 Å². The van der Waals surface area contributed by atoms with Gasteiger partial charge in [-0.3, -0.25) is 4.99 Å². The zero-order valence-electron chi connectivity index (χ0n) is 20.2. The van der Waals surface area contributed by atoms with Gasteiger partial charge in [0.1, 0.15) is 28.7 Å². The molecule has 0 radical (unpaired) electrons. The second-order valence-electron chi connectivity index (χ2n) is 7.25. The summed E-state index contributed by atoms with van der Waals surface area (Å²) in [6.07, 6.45) is 1.68. The second kappa shape index (κ2) is 11.4. The van der Waals surface area contributed by atoms with Crippen LogP contribution in [0.2, 0.25) is 0 Å². The number of rotatable bonds is 10. The lowest BCUT2D eigenvalue weighted by Crippen LogP contribution is -2.13. The van der Waals surface area contributed by atoms with Crippen molar-refractivity contribution in [1.29, 1.82) is 0 Å². The first-order valence-electron chi connectivity index (χ1n) is 10.4. The van der Waals surface area contributed by atoms with Crippen LogP contribution in [0.5, 0.6) is 28.7 Å². The number of hydrogen-bond donors (Lipinski definition) is 0. The van der Waals surface area contributed by atoms with E-state index in [2.05, 4.69) is 11.6 Å². The molecule has 34 heavy (non-hydrogen) atoms. The largest absolute Gasteiger partial charge is 0.497 e. The molecular formula is C25H29N3O5S. The Hall–Kier alpha value is -3.72. The van der Waals surface area contributed by atoms with Gasteiger partial charge >= 0.3 is 0 Å². The highest BCUT2D eigenvalue weighted by molar-refractivity contribution is 7.07. The maximum Gasteiger partial charge on any atom is 0.206 e. The molecule has 0 spiro atoms. The van der Waals surface area contributed by atoms with Gasteiger partial charge in [0.25, 0.3) is 0 Å². The minimum atomic E-state index is 0.486. The van der Waals surface area contributed by atoms with Crippen molar-refractivity contribution in [2.24, 2.45) is 10.1 Å². The Morgan fingerprint density at radius 3 is 2.12 bits per heavy atom. The van der Waals surface area contributed by atoms with E-state index in [1.807, 2.05) is 30.5 Å². The first-order chi connectivity index (χ1) is 16.4. The summed E-state index contributed by atoms with van der Waals surface area (Å²) in [5.41, 5.74) is 3.23. The van der Waals surface area contributed by atoms with Crippen LogP contribution in [0.4, 0.5) is 0 Å². The average Bonchev–Trinajstić information content (AvgIpc) is 3.27. The van der Waals surface area contributed by atoms with Gasteiger partial charge in [0.15, 0.2) is 0 Å². The molecule has 180 valence electrons. The van der Waals surface area contributed by atoms with Crippen molar-refractivity contribution in [2.45, 2.75) is 6.92 Å². The number of aromatic nitrogens is 1. The Bertz CT molecular complexity index is 1230. The van der Waals surface area contributed by atoms with E-state index in [9.17, 15) is 0 Å². The third kappa shape index (κ3) is 5.43. The first-order valence-corrected chi connectivity index (χ1v) is 11.3. The first kappa shape index (κ1) is 24.9. The summed E-state index contributed by atoms with van der Waals surface area (Å²) < 4.78 is 29.3. The molecule has 1 aromatic heterocycles. The smallest absolute Gasteiger partial charge is 0.206 e. The van der Waals surface area contributed by atoms with Gasteiger partial charge in [-0.1, -0.05) is 12.2 Å². The van der Waals surface area contributed by atoms with E-state index in [0.29, 0.717) is 45.7 Å². The van der Waals surface area contributed by atoms with Crippen molar-refractivity contribution in [1.82, 2.24) is 4.68 Å². The van der Waals surface area contributed by atoms with Gasteiger partial charge in [0, 0.05) is 23.1 Å². The number of methoxy groups -OCH3 is 5. The Kier molecular flexibility index (Phi) is 8.37. The fraction of sp³-hybridized carbons (Fsp3) is 0.280. The molecule has 0 aliphatic rings. The van der Waals surface area contributed by atoms with Crippen molar-refractivity contribution in [3.8, 4) is 40.0 Å². The van der Waals surface area contributed by atoms with Crippen LogP contribution in [0.1, 0.15) is 12.5 Å². The molecule has 0 saturated carbocycles. The van der Waals surface area contributed by atoms with Crippen molar-refractivity contribution in [2.75, 3.05) is 42.1 Å².